The molecule has 2 fully saturated rings. The third kappa shape index (κ3) is 3.38. The Labute approximate surface area is 151 Å². The number of aromatic nitrogens is 1. The van der Waals surface area contributed by atoms with E-state index in [0.29, 0.717) is 26.1 Å². The van der Waals surface area contributed by atoms with Crippen molar-refractivity contribution in [2.24, 2.45) is 7.05 Å². The molecule has 0 bridgehead atoms. The van der Waals surface area contributed by atoms with Crippen molar-refractivity contribution < 1.29 is 13.9 Å². The Morgan fingerprint density at radius 1 is 1.23 bits per heavy atom. The fraction of sp³-hybridized carbons (Fsp3) is 0.421. The van der Waals surface area contributed by atoms with Gasteiger partial charge in [0.1, 0.15) is 18.0 Å². The van der Waals surface area contributed by atoms with Crippen LogP contribution in [0.5, 0.6) is 0 Å². The summed E-state index contributed by atoms with van der Waals surface area (Å²) in [5.74, 6) is -0.199. The second-order valence-electron chi connectivity index (χ2n) is 6.87. The largest absolute Gasteiger partial charge is 0.370 e. The Balaban J connectivity index is 1.40. The van der Waals surface area contributed by atoms with Gasteiger partial charge in [-0.25, -0.2) is 15.2 Å². The maximum atomic E-state index is 13.1. The van der Waals surface area contributed by atoms with Gasteiger partial charge >= 0.3 is 0 Å². The number of rotatable bonds is 3. The number of halogens is 1. The summed E-state index contributed by atoms with van der Waals surface area (Å²) in [5.41, 5.74) is 8.41. The minimum Gasteiger partial charge on any atom is -0.370 e. The zero-order valence-corrected chi connectivity index (χ0v) is 14.7. The molecule has 2 aliphatic rings. The van der Waals surface area contributed by atoms with Crippen LogP contribution in [-0.4, -0.2) is 41.1 Å². The molecule has 3 unspecified atom stereocenters. The zero-order chi connectivity index (χ0) is 18.1. The van der Waals surface area contributed by atoms with Gasteiger partial charge in [0.15, 0.2) is 0 Å². The number of aryl methyl sites for hydroxylation is 1. The molecular formula is C19H23FN4O2. The van der Waals surface area contributed by atoms with Gasteiger partial charge in [0, 0.05) is 25.5 Å². The average Bonchev–Trinajstić information content (AvgIpc) is 3.30. The number of morpholine rings is 1. The summed E-state index contributed by atoms with van der Waals surface area (Å²) in [6, 6.07) is 10.2. The summed E-state index contributed by atoms with van der Waals surface area (Å²) in [6.45, 7) is 1.54. The van der Waals surface area contributed by atoms with Crippen molar-refractivity contribution in [3.63, 3.8) is 0 Å². The van der Waals surface area contributed by atoms with Gasteiger partial charge in [0.2, 0.25) is 5.91 Å². The number of amides is 1. The van der Waals surface area contributed by atoms with Gasteiger partial charge in [-0.3, -0.25) is 4.79 Å². The molecular weight excluding hydrogens is 335 g/mol. The van der Waals surface area contributed by atoms with E-state index in [2.05, 4.69) is 21.5 Å². The van der Waals surface area contributed by atoms with Gasteiger partial charge in [-0.05, 0) is 36.2 Å². The molecule has 138 valence electrons. The number of carbonyl (C=O) groups is 1. The quantitative estimate of drug-likeness (QED) is 0.876. The van der Waals surface area contributed by atoms with E-state index in [-0.39, 0.29) is 29.9 Å². The van der Waals surface area contributed by atoms with Crippen molar-refractivity contribution in [1.82, 2.24) is 20.3 Å². The number of nitrogens with zero attached hydrogens (tertiary/aromatic N) is 2. The van der Waals surface area contributed by atoms with E-state index in [9.17, 15) is 9.18 Å². The van der Waals surface area contributed by atoms with Gasteiger partial charge in [-0.1, -0.05) is 12.1 Å². The van der Waals surface area contributed by atoms with Crippen LogP contribution in [0.2, 0.25) is 0 Å². The lowest BCUT2D eigenvalue weighted by molar-refractivity contribution is -0.141. The first kappa shape index (κ1) is 17.2. The van der Waals surface area contributed by atoms with Gasteiger partial charge in [0.25, 0.3) is 0 Å². The molecule has 4 rings (SSSR count). The average molecular weight is 358 g/mol. The summed E-state index contributed by atoms with van der Waals surface area (Å²) < 4.78 is 21.0. The highest BCUT2D eigenvalue weighted by molar-refractivity contribution is 5.82. The van der Waals surface area contributed by atoms with Crippen LogP contribution in [0.25, 0.3) is 0 Å². The van der Waals surface area contributed by atoms with Gasteiger partial charge in [0.05, 0.1) is 19.2 Å². The lowest BCUT2D eigenvalue weighted by Crippen LogP contribution is -2.50. The number of hydrogen-bond donors (Lipinski definition) is 2. The molecule has 2 aromatic rings. The first-order valence-electron chi connectivity index (χ1n) is 8.90. The van der Waals surface area contributed by atoms with Crippen LogP contribution < -0.4 is 10.9 Å². The molecule has 3 atom stereocenters. The highest BCUT2D eigenvalue weighted by Gasteiger charge is 2.35. The molecule has 0 saturated carbocycles. The Morgan fingerprint density at radius 3 is 2.77 bits per heavy atom. The van der Waals surface area contributed by atoms with Crippen molar-refractivity contribution in [3.8, 4) is 0 Å². The first-order chi connectivity index (χ1) is 12.6. The molecule has 2 aliphatic heterocycles. The fourth-order valence-corrected chi connectivity index (χ4v) is 3.70. The predicted octanol–water partition coefficient (Wildman–Crippen LogP) is 1.67. The number of benzene rings is 1. The van der Waals surface area contributed by atoms with Crippen LogP contribution >= 0.6 is 0 Å². The summed E-state index contributed by atoms with van der Waals surface area (Å²) in [7, 11) is 2.00. The molecule has 7 heteroatoms. The van der Waals surface area contributed by atoms with Crippen molar-refractivity contribution in [1.29, 1.82) is 0 Å². The number of nitrogens with one attached hydrogen (secondary N) is 2. The van der Waals surface area contributed by atoms with E-state index in [1.165, 1.54) is 12.1 Å². The lowest BCUT2D eigenvalue weighted by Gasteiger charge is -2.34. The van der Waals surface area contributed by atoms with E-state index in [0.717, 1.165) is 11.3 Å². The molecule has 26 heavy (non-hydrogen) atoms. The molecule has 6 nitrogen and oxygen atoms in total. The molecule has 2 N–H and O–H groups in total. The summed E-state index contributed by atoms with van der Waals surface area (Å²) in [5, 5.41) is 0. The molecule has 1 aromatic heterocycles. The van der Waals surface area contributed by atoms with Crippen molar-refractivity contribution in [2.45, 2.75) is 24.6 Å². The van der Waals surface area contributed by atoms with Crippen molar-refractivity contribution in [3.05, 3.63) is 59.7 Å². The SMILES string of the molecule is Cn1cccc1C1CC(C(=O)N2CCOC(c3ccc(F)cc3)C2)NN1. The maximum Gasteiger partial charge on any atom is 0.241 e. The number of ether oxygens (including phenoxy) is 1. The van der Waals surface area contributed by atoms with E-state index in [4.69, 9.17) is 4.74 Å². The minimum atomic E-state index is -0.273. The summed E-state index contributed by atoms with van der Waals surface area (Å²) in [4.78, 5) is 14.8. The Kier molecular flexibility index (Phi) is 4.76. The summed E-state index contributed by atoms with van der Waals surface area (Å²) >= 11 is 0. The maximum absolute atomic E-state index is 13.1. The van der Waals surface area contributed by atoms with Crippen LogP contribution in [0.1, 0.15) is 29.8 Å². The number of hydrazine groups is 1. The molecule has 1 amide bonds. The number of carbonyl (C=O) groups excluding carboxylic acids is 1. The molecule has 1 aromatic carbocycles. The van der Waals surface area contributed by atoms with Crippen molar-refractivity contribution >= 4 is 5.91 Å². The normalized spacial score (nSPS) is 26.2. The van der Waals surface area contributed by atoms with Crippen LogP contribution in [0.4, 0.5) is 4.39 Å². The first-order valence-corrected chi connectivity index (χ1v) is 8.90. The predicted molar refractivity (Wildman–Crippen MR) is 94.5 cm³/mol. The lowest BCUT2D eigenvalue weighted by atomic mass is 10.0. The molecule has 0 aliphatic carbocycles. The fourth-order valence-electron chi connectivity index (χ4n) is 3.70. The Hall–Kier alpha value is -2.22. The van der Waals surface area contributed by atoms with Crippen molar-refractivity contribution in [2.75, 3.05) is 19.7 Å². The van der Waals surface area contributed by atoms with E-state index >= 15 is 0 Å². The third-order valence-electron chi connectivity index (χ3n) is 5.16. The van der Waals surface area contributed by atoms with Gasteiger partial charge in [-0.15, -0.1) is 0 Å². The molecule has 2 saturated heterocycles. The highest BCUT2D eigenvalue weighted by Crippen LogP contribution is 2.26. The van der Waals surface area contributed by atoms with Crippen LogP contribution in [0.3, 0.4) is 0 Å². The topological polar surface area (TPSA) is 58.5 Å². The third-order valence-corrected chi connectivity index (χ3v) is 5.16. The van der Waals surface area contributed by atoms with E-state index < -0.39 is 0 Å². The minimum absolute atomic E-state index is 0.0737. The molecule has 0 radical (unpaired) electrons. The van der Waals surface area contributed by atoms with Crippen LogP contribution in [0, 0.1) is 5.82 Å². The zero-order valence-electron chi connectivity index (χ0n) is 14.7. The second kappa shape index (κ2) is 7.19. The van der Waals surface area contributed by atoms with Gasteiger partial charge < -0.3 is 14.2 Å². The highest BCUT2D eigenvalue weighted by atomic mass is 19.1. The second-order valence-corrected chi connectivity index (χ2v) is 6.87. The van der Waals surface area contributed by atoms with Crippen LogP contribution in [-0.2, 0) is 16.6 Å². The number of hydrogen-bond acceptors (Lipinski definition) is 4. The van der Waals surface area contributed by atoms with Crippen LogP contribution in [0.15, 0.2) is 42.6 Å². The standard InChI is InChI=1S/C19H23FN4O2/c1-23-8-2-3-17(23)15-11-16(22-21-15)19(25)24-9-10-26-18(12-24)13-4-6-14(20)7-5-13/h2-8,15-16,18,21-22H,9-12H2,1H3. The Bertz CT molecular complexity index is 776. The molecule has 3 heterocycles. The van der Waals surface area contributed by atoms with E-state index in [1.54, 1.807) is 12.1 Å². The van der Waals surface area contributed by atoms with E-state index in [1.807, 2.05) is 24.2 Å². The smallest absolute Gasteiger partial charge is 0.241 e. The van der Waals surface area contributed by atoms with Gasteiger partial charge in [-0.2, -0.15) is 0 Å². The Morgan fingerprint density at radius 2 is 2.04 bits per heavy atom. The summed E-state index contributed by atoms with van der Waals surface area (Å²) in [6.07, 6.45) is 2.49. The molecule has 0 spiro atoms. The monoisotopic (exact) mass is 358 g/mol.